The third-order valence-corrected chi connectivity index (χ3v) is 3.70. The van der Waals surface area contributed by atoms with Crippen LogP contribution in [0, 0.1) is 5.82 Å². The number of hydrogen-bond acceptors (Lipinski definition) is 4. The van der Waals surface area contributed by atoms with Crippen LogP contribution in [0.15, 0.2) is 36.8 Å². The monoisotopic (exact) mass is 314 g/mol. The van der Waals surface area contributed by atoms with Gasteiger partial charge in [0.05, 0.1) is 18.4 Å². The van der Waals surface area contributed by atoms with Crippen molar-refractivity contribution in [3.63, 3.8) is 0 Å². The number of hydrogen-bond donors (Lipinski definition) is 1. The lowest BCUT2D eigenvalue weighted by Crippen LogP contribution is -2.20. The Balaban J connectivity index is 1.73. The number of aromatic nitrogens is 5. The van der Waals surface area contributed by atoms with E-state index in [1.54, 1.807) is 24.7 Å². The van der Waals surface area contributed by atoms with Gasteiger partial charge in [0.15, 0.2) is 0 Å². The number of rotatable bonds is 6. The Labute approximate surface area is 134 Å². The first kappa shape index (κ1) is 15.4. The van der Waals surface area contributed by atoms with Crippen molar-refractivity contribution >= 4 is 0 Å². The molecular weight excluding hydrogens is 295 g/mol. The maximum atomic E-state index is 13.1. The molecule has 0 spiro atoms. The highest BCUT2D eigenvalue weighted by atomic mass is 19.1. The lowest BCUT2D eigenvalue weighted by atomic mass is 10.1. The summed E-state index contributed by atoms with van der Waals surface area (Å²) in [6, 6.07) is 6.40. The first-order valence-corrected chi connectivity index (χ1v) is 7.50. The Morgan fingerprint density at radius 3 is 2.74 bits per heavy atom. The van der Waals surface area contributed by atoms with Crippen LogP contribution in [0.4, 0.5) is 4.39 Å². The summed E-state index contributed by atoms with van der Waals surface area (Å²) in [6.07, 6.45) is 3.38. The summed E-state index contributed by atoms with van der Waals surface area (Å²) in [5.41, 5.74) is 2.89. The van der Waals surface area contributed by atoms with Gasteiger partial charge in [-0.1, -0.05) is 0 Å². The second-order valence-corrected chi connectivity index (χ2v) is 5.44. The van der Waals surface area contributed by atoms with Crippen LogP contribution in [0.25, 0.3) is 11.3 Å². The van der Waals surface area contributed by atoms with Gasteiger partial charge in [0.25, 0.3) is 0 Å². The molecule has 2 aromatic heterocycles. The Morgan fingerprint density at radius 2 is 2.00 bits per heavy atom. The van der Waals surface area contributed by atoms with E-state index >= 15 is 0 Å². The Morgan fingerprint density at radius 1 is 1.22 bits per heavy atom. The molecule has 2 heterocycles. The molecule has 3 rings (SSSR count). The minimum Gasteiger partial charge on any atom is -0.295 e. The summed E-state index contributed by atoms with van der Waals surface area (Å²) in [5, 5.41) is 11.3. The number of nitrogens with zero attached hydrogens (tertiary/aromatic N) is 5. The summed E-state index contributed by atoms with van der Waals surface area (Å²) in [5.74, 6) is 0.688. The number of nitrogens with one attached hydrogen (secondary N) is 1. The van der Waals surface area contributed by atoms with Crippen LogP contribution in [-0.2, 0) is 19.6 Å². The normalized spacial score (nSPS) is 11.3. The largest absolute Gasteiger partial charge is 0.295 e. The number of aryl methyl sites for hydroxylation is 1. The predicted molar refractivity (Wildman–Crippen MR) is 84.8 cm³/mol. The minimum atomic E-state index is -0.245. The SMILES string of the molecule is CCn1ncnc1CN(C)Cc1cn[nH]c1-c1ccc(F)cc1. The van der Waals surface area contributed by atoms with Gasteiger partial charge in [-0.15, -0.1) is 0 Å². The van der Waals surface area contributed by atoms with Gasteiger partial charge in [-0.25, -0.2) is 14.1 Å². The van der Waals surface area contributed by atoms with Gasteiger partial charge >= 0.3 is 0 Å². The fraction of sp³-hybridized carbons (Fsp3) is 0.312. The third-order valence-electron chi connectivity index (χ3n) is 3.70. The second-order valence-electron chi connectivity index (χ2n) is 5.44. The zero-order valence-corrected chi connectivity index (χ0v) is 13.2. The molecule has 0 fully saturated rings. The molecule has 0 radical (unpaired) electrons. The molecule has 0 aliphatic carbocycles. The van der Waals surface area contributed by atoms with Crippen molar-refractivity contribution in [3.8, 4) is 11.3 Å². The summed E-state index contributed by atoms with van der Waals surface area (Å²) in [6.45, 7) is 4.25. The Kier molecular flexibility index (Phi) is 4.47. The highest BCUT2D eigenvalue weighted by molar-refractivity contribution is 5.62. The van der Waals surface area contributed by atoms with Gasteiger partial charge in [-0.2, -0.15) is 10.2 Å². The maximum absolute atomic E-state index is 13.1. The average Bonchev–Trinajstić information content (AvgIpc) is 3.17. The lowest BCUT2D eigenvalue weighted by molar-refractivity contribution is 0.303. The van der Waals surface area contributed by atoms with Crippen molar-refractivity contribution in [2.75, 3.05) is 7.05 Å². The molecule has 1 aromatic carbocycles. The lowest BCUT2D eigenvalue weighted by Gasteiger charge is -2.16. The van der Waals surface area contributed by atoms with E-state index in [1.165, 1.54) is 12.1 Å². The zero-order valence-electron chi connectivity index (χ0n) is 13.2. The first-order valence-electron chi connectivity index (χ1n) is 7.50. The van der Waals surface area contributed by atoms with E-state index in [1.807, 2.05) is 18.7 Å². The van der Waals surface area contributed by atoms with E-state index in [-0.39, 0.29) is 5.82 Å². The van der Waals surface area contributed by atoms with E-state index in [0.29, 0.717) is 13.1 Å². The summed E-state index contributed by atoms with van der Waals surface area (Å²) in [7, 11) is 2.02. The van der Waals surface area contributed by atoms with E-state index in [2.05, 4.69) is 25.2 Å². The molecule has 0 unspecified atom stereocenters. The quantitative estimate of drug-likeness (QED) is 0.759. The van der Waals surface area contributed by atoms with Crippen molar-refractivity contribution in [1.82, 2.24) is 29.9 Å². The summed E-state index contributed by atoms with van der Waals surface area (Å²) < 4.78 is 15.0. The van der Waals surface area contributed by atoms with Crippen LogP contribution in [0.3, 0.4) is 0 Å². The van der Waals surface area contributed by atoms with Gasteiger partial charge < -0.3 is 0 Å². The smallest absolute Gasteiger partial charge is 0.140 e. The zero-order chi connectivity index (χ0) is 16.2. The molecule has 0 aliphatic heterocycles. The standard InChI is InChI=1S/C16H19FN6/c1-3-23-15(18-11-20-23)10-22(2)9-13-8-19-21-16(13)12-4-6-14(17)7-5-12/h4-8,11H,3,9-10H2,1-2H3,(H,19,21). The van der Waals surface area contributed by atoms with Crippen molar-refractivity contribution in [3.05, 3.63) is 54.0 Å². The van der Waals surface area contributed by atoms with Gasteiger partial charge in [-0.05, 0) is 38.2 Å². The van der Waals surface area contributed by atoms with Crippen LogP contribution >= 0.6 is 0 Å². The van der Waals surface area contributed by atoms with Crippen LogP contribution in [0.2, 0.25) is 0 Å². The molecule has 23 heavy (non-hydrogen) atoms. The molecule has 120 valence electrons. The molecule has 7 heteroatoms. The van der Waals surface area contributed by atoms with Gasteiger partial charge in [0.2, 0.25) is 0 Å². The fourth-order valence-electron chi connectivity index (χ4n) is 2.56. The minimum absolute atomic E-state index is 0.245. The number of benzene rings is 1. The van der Waals surface area contributed by atoms with E-state index < -0.39 is 0 Å². The van der Waals surface area contributed by atoms with Gasteiger partial charge in [0.1, 0.15) is 18.0 Å². The second kappa shape index (κ2) is 6.70. The van der Waals surface area contributed by atoms with Crippen LogP contribution in [0.1, 0.15) is 18.3 Å². The van der Waals surface area contributed by atoms with Crippen molar-refractivity contribution in [2.45, 2.75) is 26.6 Å². The molecule has 6 nitrogen and oxygen atoms in total. The molecule has 0 amide bonds. The molecule has 0 bridgehead atoms. The molecule has 3 aromatic rings. The number of aromatic amines is 1. The molecule has 0 aliphatic rings. The van der Waals surface area contributed by atoms with Gasteiger partial charge in [0, 0.05) is 24.2 Å². The molecule has 0 atom stereocenters. The molecular formula is C16H19FN6. The third kappa shape index (κ3) is 3.45. The van der Waals surface area contributed by atoms with Gasteiger partial charge in [-0.3, -0.25) is 10.00 Å². The topological polar surface area (TPSA) is 62.6 Å². The van der Waals surface area contributed by atoms with Crippen molar-refractivity contribution in [1.29, 1.82) is 0 Å². The van der Waals surface area contributed by atoms with Crippen LogP contribution in [-0.4, -0.2) is 36.9 Å². The van der Waals surface area contributed by atoms with E-state index in [4.69, 9.17) is 0 Å². The highest BCUT2D eigenvalue weighted by Crippen LogP contribution is 2.22. The number of H-pyrrole nitrogens is 1. The summed E-state index contributed by atoms with van der Waals surface area (Å²) >= 11 is 0. The number of halogens is 1. The van der Waals surface area contributed by atoms with E-state index in [0.717, 1.165) is 29.2 Å². The predicted octanol–water partition coefficient (Wildman–Crippen LogP) is 2.46. The first-order chi connectivity index (χ1) is 11.2. The van der Waals surface area contributed by atoms with Crippen molar-refractivity contribution in [2.24, 2.45) is 0 Å². The molecule has 1 N–H and O–H groups in total. The average molecular weight is 314 g/mol. The highest BCUT2D eigenvalue weighted by Gasteiger charge is 2.12. The van der Waals surface area contributed by atoms with E-state index in [9.17, 15) is 4.39 Å². The molecule has 0 saturated carbocycles. The van der Waals surface area contributed by atoms with Crippen molar-refractivity contribution < 1.29 is 4.39 Å². The van der Waals surface area contributed by atoms with Crippen LogP contribution in [0.5, 0.6) is 0 Å². The fourth-order valence-corrected chi connectivity index (χ4v) is 2.56. The summed E-state index contributed by atoms with van der Waals surface area (Å²) in [4.78, 5) is 6.44. The molecule has 0 saturated heterocycles. The maximum Gasteiger partial charge on any atom is 0.140 e. The Bertz CT molecular complexity index is 761. The Hall–Kier alpha value is -2.54. The van der Waals surface area contributed by atoms with Crippen LogP contribution < -0.4 is 0 Å².